The number of hydrogen-bond donors (Lipinski definition) is 4. The van der Waals surface area contributed by atoms with Crippen molar-refractivity contribution >= 4 is 23.2 Å². The molecule has 0 radical (unpaired) electrons. The molecule has 1 heterocycles. The van der Waals surface area contributed by atoms with Crippen molar-refractivity contribution in [1.29, 1.82) is 0 Å². The van der Waals surface area contributed by atoms with Gasteiger partial charge in [0.2, 0.25) is 11.8 Å². The average molecular weight is 861 g/mol. The lowest BCUT2D eigenvalue weighted by atomic mass is 9.97. The van der Waals surface area contributed by atoms with Gasteiger partial charge < -0.3 is 35.8 Å². The first kappa shape index (κ1) is 49.5. The van der Waals surface area contributed by atoms with Crippen LogP contribution in [0.5, 0.6) is 0 Å². The number of aliphatic hydroxyl groups is 1. The summed E-state index contributed by atoms with van der Waals surface area (Å²) in [7, 11) is 0. The molecule has 4 aromatic rings. The molecule has 0 aliphatic carbocycles. The van der Waals surface area contributed by atoms with Gasteiger partial charge in [-0.1, -0.05) is 169 Å². The quantitative estimate of drug-likeness (QED) is 0.0316. The first-order valence-corrected chi connectivity index (χ1v) is 24.2. The molecule has 2 amide bonds. The van der Waals surface area contributed by atoms with Gasteiger partial charge in [0, 0.05) is 37.9 Å². The number of carbonyl (C=O) groups is 2. The molecule has 4 aromatic carbocycles. The molecule has 3 unspecified atom stereocenters. The Bertz CT molecular complexity index is 1890. The van der Waals surface area contributed by atoms with Crippen LogP contribution in [0.25, 0.3) is 11.1 Å². The Morgan fingerprint density at radius 2 is 1.25 bits per heavy atom. The minimum absolute atomic E-state index is 0.000815. The van der Waals surface area contributed by atoms with Crippen LogP contribution in [0, 0.1) is 0 Å². The van der Waals surface area contributed by atoms with Crippen molar-refractivity contribution in [2.75, 3.05) is 30.7 Å². The van der Waals surface area contributed by atoms with Gasteiger partial charge in [0.1, 0.15) is 0 Å². The highest BCUT2D eigenvalue weighted by Gasteiger charge is 2.33. The molecule has 0 aromatic heterocycles. The molecule has 5 N–H and O–H groups in total. The van der Waals surface area contributed by atoms with Crippen LogP contribution in [0.2, 0.25) is 0 Å². The molecular weight excluding hydrogens is 785 g/mol. The standard InChI is InChI=1S/C54H76N4O5/c1-3-5-7-9-11-20-36-58(37-21-12-10-8-6-4-2)40-47-38-51(44-30-28-42(41-59)29-31-44)63-54(62-47)45-34-32-43(33-35-45)48-23-17-16-22-46(48)39-56-52(60)26-14-13-15-27-53(61)57-50-25-19-18-24-49(50)55/h16-19,22-25,28-35,47,51,54,59H,3-15,20-21,26-27,36-41,55H2,1-2H3,(H,56,60)(H,57,61). The monoisotopic (exact) mass is 861 g/mol. The van der Waals surface area contributed by atoms with Gasteiger partial charge in [-0.2, -0.15) is 0 Å². The smallest absolute Gasteiger partial charge is 0.224 e. The number of aliphatic hydroxyl groups excluding tert-OH is 1. The summed E-state index contributed by atoms with van der Waals surface area (Å²) in [4.78, 5) is 27.9. The number of amides is 2. The SMILES string of the molecule is CCCCCCCCN(CCCCCCCC)CC1CC(c2ccc(CO)cc2)OC(c2ccc(-c3ccccc3CNC(=O)CCCCCC(=O)Nc3ccccc3N)cc2)O1. The summed E-state index contributed by atoms with van der Waals surface area (Å²) in [6.07, 6.45) is 18.6. The summed E-state index contributed by atoms with van der Waals surface area (Å²) in [5, 5.41) is 15.7. The Hall–Kier alpha value is -4.54. The topological polar surface area (TPSA) is 126 Å². The highest BCUT2D eigenvalue weighted by Crippen LogP contribution is 2.39. The van der Waals surface area contributed by atoms with E-state index >= 15 is 0 Å². The van der Waals surface area contributed by atoms with E-state index in [1.54, 1.807) is 12.1 Å². The predicted octanol–water partition coefficient (Wildman–Crippen LogP) is 12.2. The molecule has 1 saturated heterocycles. The molecule has 9 heteroatoms. The Morgan fingerprint density at radius 1 is 0.667 bits per heavy atom. The zero-order valence-corrected chi connectivity index (χ0v) is 38.3. The second-order valence-corrected chi connectivity index (χ2v) is 17.4. The van der Waals surface area contributed by atoms with E-state index in [4.69, 9.17) is 15.2 Å². The Labute approximate surface area is 378 Å². The van der Waals surface area contributed by atoms with Crippen molar-refractivity contribution in [3.05, 3.63) is 119 Å². The summed E-state index contributed by atoms with van der Waals surface area (Å²) in [5.41, 5.74) is 13.3. The van der Waals surface area contributed by atoms with Crippen molar-refractivity contribution in [3.63, 3.8) is 0 Å². The van der Waals surface area contributed by atoms with Crippen molar-refractivity contribution in [2.45, 2.75) is 161 Å². The van der Waals surface area contributed by atoms with E-state index in [0.717, 1.165) is 65.9 Å². The zero-order chi connectivity index (χ0) is 44.5. The number of carbonyl (C=O) groups excluding carboxylic acids is 2. The largest absolute Gasteiger partial charge is 0.397 e. The molecule has 0 spiro atoms. The fourth-order valence-corrected chi connectivity index (χ4v) is 8.48. The molecular formula is C54H76N4O5. The number of unbranched alkanes of at least 4 members (excludes halogenated alkanes) is 12. The third-order valence-corrected chi connectivity index (χ3v) is 12.3. The van der Waals surface area contributed by atoms with Gasteiger partial charge in [-0.05, 0) is 78.7 Å². The number of ether oxygens (including phenoxy) is 2. The van der Waals surface area contributed by atoms with Crippen LogP contribution in [0.3, 0.4) is 0 Å². The van der Waals surface area contributed by atoms with E-state index in [2.05, 4.69) is 77.9 Å². The summed E-state index contributed by atoms with van der Waals surface area (Å²) in [6, 6.07) is 32.1. The second kappa shape index (κ2) is 28.3. The van der Waals surface area contributed by atoms with Gasteiger partial charge in [-0.15, -0.1) is 0 Å². The second-order valence-electron chi connectivity index (χ2n) is 17.4. The third kappa shape index (κ3) is 17.5. The number of anilines is 2. The van der Waals surface area contributed by atoms with Crippen molar-refractivity contribution in [2.24, 2.45) is 0 Å². The molecule has 0 saturated carbocycles. The van der Waals surface area contributed by atoms with E-state index in [1.807, 2.05) is 36.4 Å². The molecule has 3 atom stereocenters. The van der Waals surface area contributed by atoms with E-state index in [-0.39, 0.29) is 30.6 Å². The maximum Gasteiger partial charge on any atom is 0.224 e. The third-order valence-electron chi connectivity index (χ3n) is 12.3. The highest BCUT2D eigenvalue weighted by molar-refractivity contribution is 5.93. The van der Waals surface area contributed by atoms with Crippen LogP contribution in [0.15, 0.2) is 97.1 Å². The fourth-order valence-electron chi connectivity index (χ4n) is 8.48. The van der Waals surface area contributed by atoms with E-state index in [1.165, 1.54) is 77.0 Å². The van der Waals surface area contributed by atoms with Crippen LogP contribution in [-0.4, -0.2) is 47.6 Å². The van der Waals surface area contributed by atoms with Crippen LogP contribution in [-0.2, 0) is 32.2 Å². The summed E-state index contributed by atoms with van der Waals surface area (Å²) < 4.78 is 13.6. The number of nitrogens with two attached hydrogens (primary N) is 1. The van der Waals surface area contributed by atoms with Crippen LogP contribution < -0.4 is 16.4 Å². The zero-order valence-electron chi connectivity index (χ0n) is 38.3. The van der Waals surface area contributed by atoms with Gasteiger partial charge in [-0.3, -0.25) is 9.59 Å². The van der Waals surface area contributed by atoms with Gasteiger partial charge in [0.05, 0.1) is 30.2 Å². The van der Waals surface area contributed by atoms with E-state index in [0.29, 0.717) is 43.6 Å². The number of nitrogen functional groups attached to an aromatic ring is 1. The number of nitrogens with zero attached hydrogens (tertiary/aromatic N) is 1. The van der Waals surface area contributed by atoms with Gasteiger partial charge in [0.25, 0.3) is 0 Å². The molecule has 342 valence electrons. The maximum absolute atomic E-state index is 12.9. The van der Waals surface area contributed by atoms with Crippen LogP contribution in [0.4, 0.5) is 11.4 Å². The minimum Gasteiger partial charge on any atom is -0.397 e. The summed E-state index contributed by atoms with van der Waals surface area (Å²) in [6.45, 7) is 8.08. The molecule has 1 aliphatic rings. The predicted molar refractivity (Wildman–Crippen MR) is 258 cm³/mol. The van der Waals surface area contributed by atoms with Crippen molar-refractivity contribution < 1.29 is 24.2 Å². The maximum atomic E-state index is 12.9. The number of para-hydroxylation sites is 2. The molecule has 63 heavy (non-hydrogen) atoms. The molecule has 5 rings (SSSR count). The first-order chi connectivity index (χ1) is 30.9. The van der Waals surface area contributed by atoms with Crippen LogP contribution >= 0.6 is 0 Å². The van der Waals surface area contributed by atoms with Gasteiger partial charge in [-0.25, -0.2) is 0 Å². The first-order valence-electron chi connectivity index (χ1n) is 24.2. The lowest BCUT2D eigenvalue weighted by Crippen LogP contribution is -2.40. The average Bonchev–Trinajstić information content (AvgIpc) is 3.31. The molecule has 9 nitrogen and oxygen atoms in total. The van der Waals surface area contributed by atoms with Crippen molar-refractivity contribution in [1.82, 2.24) is 10.2 Å². The Kier molecular flexibility index (Phi) is 22.2. The van der Waals surface area contributed by atoms with Gasteiger partial charge in [0.15, 0.2) is 6.29 Å². The summed E-state index contributed by atoms with van der Waals surface area (Å²) in [5.74, 6) is -0.0697. The number of rotatable bonds is 29. The molecule has 0 bridgehead atoms. The van der Waals surface area contributed by atoms with Crippen molar-refractivity contribution in [3.8, 4) is 11.1 Å². The lowest BCUT2D eigenvalue weighted by molar-refractivity contribution is -0.253. The molecule has 1 aliphatic heterocycles. The normalized spacial score (nSPS) is 16.3. The fraction of sp³-hybridized carbons (Fsp3) is 0.519. The summed E-state index contributed by atoms with van der Waals surface area (Å²) >= 11 is 0. The highest BCUT2D eigenvalue weighted by atomic mass is 16.7. The number of nitrogens with one attached hydrogen (secondary N) is 2. The van der Waals surface area contributed by atoms with Gasteiger partial charge >= 0.3 is 0 Å². The number of benzene rings is 4. The number of hydrogen-bond acceptors (Lipinski definition) is 7. The molecule has 1 fully saturated rings. The lowest BCUT2D eigenvalue weighted by Gasteiger charge is -2.38. The van der Waals surface area contributed by atoms with Crippen LogP contribution in [0.1, 0.15) is 164 Å². The van der Waals surface area contributed by atoms with E-state index in [9.17, 15) is 14.7 Å². The Balaban J connectivity index is 1.18. The Morgan fingerprint density at radius 3 is 1.92 bits per heavy atom. The van der Waals surface area contributed by atoms with E-state index < -0.39 is 6.29 Å². The minimum atomic E-state index is -0.517.